The van der Waals surface area contributed by atoms with E-state index in [1.54, 1.807) is 0 Å². The van der Waals surface area contributed by atoms with Crippen LogP contribution in [0.25, 0.3) is 0 Å². The van der Waals surface area contributed by atoms with Crippen LogP contribution in [0.3, 0.4) is 0 Å². The minimum atomic E-state index is -0.0157. The number of hydrogen-bond acceptors (Lipinski definition) is 3. The molecule has 0 aromatic rings. The predicted molar refractivity (Wildman–Crippen MR) is 59.3 cm³/mol. The first kappa shape index (κ1) is 12.0. The Bertz CT molecular complexity index is 148. The van der Waals surface area contributed by atoms with Gasteiger partial charge in [-0.15, -0.1) is 0 Å². The molecule has 1 aliphatic heterocycles. The van der Waals surface area contributed by atoms with Crippen LogP contribution in [0.15, 0.2) is 0 Å². The van der Waals surface area contributed by atoms with Gasteiger partial charge in [0.05, 0.1) is 6.61 Å². The first-order chi connectivity index (χ1) is 6.58. The third-order valence-electron chi connectivity index (χ3n) is 2.63. The zero-order valence-electron chi connectivity index (χ0n) is 9.51. The maximum Gasteiger partial charge on any atom is 0.0507 e. The molecule has 0 aromatic carbocycles. The van der Waals surface area contributed by atoms with Crippen LogP contribution in [0, 0.1) is 5.92 Å². The van der Waals surface area contributed by atoms with Crippen LogP contribution in [0.5, 0.6) is 0 Å². The molecule has 0 amide bonds. The molecule has 1 unspecified atom stereocenters. The molecule has 0 aromatic heterocycles. The van der Waals surface area contributed by atoms with Crippen LogP contribution in [0.4, 0.5) is 0 Å². The lowest BCUT2D eigenvalue weighted by Crippen LogP contribution is -2.33. The van der Waals surface area contributed by atoms with E-state index in [1.165, 1.54) is 6.42 Å². The summed E-state index contributed by atoms with van der Waals surface area (Å²) in [4.78, 5) is 0. The van der Waals surface area contributed by atoms with Gasteiger partial charge in [-0.3, -0.25) is 0 Å². The van der Waals surface area contributed by atoms with E-state index in [0.717, 1.165) is 45.1 Å². The molecule has 0 radical (unpaired) electrons. The van der Waals surface area contributed by atoms with Gasteiger partial charge in [-0.05, 0) is 45.6 Å². The highest BCUT2D eigenvalue weighted by Gasteiger charge is 2.14. The first-order valence-corrected chi connectivity index (χ1v) is 5.65. The van der Waals surface area contributed by atoms with Crippen molar-refractivity contribution in [2.24, 2.45) is 11.7 Å². The second kappa shape index (κ2) is 5.69. The highest BCUT2D eigenvalue weighted by molar-refractivity contribution is 4.72. The summed E-state index contributed by atoms with van der Waals surface area (Å²) in [6.45, 7) is 8.23. The Kier molecular flexibility index (Phi) is 4.85. The summed E-state index contributed by atoms with van der Waals surface area (Å²) in [6.07, 6.45) is 3.47. The van der Waals surface area contributed by atoms with Crippen LogP contribution in [0.1, 0.15) is 33.1 Å². The second-order valence-electron chi connectivity index (χ2n) is 5.03. The molecule has 1 atom stereocenters. The van der Waals surface area contributed by atoms with Crippen molar-refractivity contribution in [3.8, 4) is 0 Å². The van der Waals surface area contributed by atoms with Gasteiger partial charge in [-0.1, -0.05) is 0 Å². The first-order valence-electron chi connectivity index (χ1n) is 5.65. The standard InChI is InChI=1S/C11H24N2O/c1-11(2,12)5-3-6-13-8-10-4-7-14-9-10/h10,13H,3-9,12H2,1-2H3. The van der Waals surface area contributed by atoms with Crippen molar-refractivity contribution in [1.29, 1.82) is 0 Å². The highest BCUT2D eigenvalue weighted by atomic mass is 16.5. The Morgan fingerprint density at radius 1 is 1.50 bits per heavy atom. The fraction of sp³-hybridized carbons (Fsp3) is 1.00. The molecule has 0 spiro atoms. The summed E-state index contributed by atoms with van der Waals surface area (Å²) in [5.74, 6) is 0.737. The van der Waals surface area contributed by atoms with Crippen molar-refractivity contribution < 1.29 is 4.74 Å². The normalized spacial score (nSPS) is 22.9. The van der Waals surface area contributed by atoms with Gasteiger partial charge in [0, 0.05) is 18.7 Å². The van der Waals surface area contributed by atoms with Gasteiger partial charge in [0.25, 0.3) is 0 Å². The molecule has 0 aliphatic carbocycles. The molecule has 1 saturated heterocycles. The van der Waals surface area contributed by atoms with Crippen LogP contribution >= 0.6 is 0 Å². The van der Waals surface area contributed by atoms with Gasteiger partial charge in [-0.25, -0.2) is 0 Å². The van der Waals surface area contributed by atoms with Gasteiger partial charge >= 0.3 is 0 Å². The van der Waals surface area contributed by atoms with Crippen molar-refractivity contribution in [3.63, 3.8) is 0 Å². The maximum atomic E-state index is 5.89. The lowest BCUT2D eigenvalue weighted by atomic mass is 10.0. The molecule has 0 saturated carbocycles. The van der Waals surface area contributed by atoms with E-state index < -0.39 is 0 Å². The van der Waals surface area contributed by atoms with E-state index in [4.69, 9.17) is 10.5 Å². The lowest BCUT2D eigenvalue weighted by molar-refractivity contribution is 0.185. The van der Waals surface area contributed by atoms with Gasteiger partial charge in [-0.2, -0.15) is 0 Å². The Labute approximate surface area is 87.4 Å². The third kappa shape index (κ3) is 5.58. The van der Waals surface area contributed by atoms with E-state index in [1.807, 2.05) is 0 Å². The van der Waals surface area contributed by atoms with Crippen molar-refractivity contribution in [2.75, 3.05) is 26.3 Å². The molecule has 1 fully saturated rings. The van der Waals surface area contributed by atoms with Crippen LogP contribution < -0.4 is 11.1 Å². The van der Waals surface area contributed by atoms with Gasteiger partial charge in [0.1, 0.15) is 0 Å². The number of ether oxygens (including phenoxy) is 1. The Hall–Kier alpha value is -0.120. The van der Waals surface area contributed by atoms with Gasteiger partial charge in [0.15, 0.2) is 0 Å². The predicted octanol–water partition coefficient (Wildman–Crippen LogP) is 1.13. The zero-order valence-corrected chi connectivity index (χ0v) is 9.51. The van der Waals surface area contributed by atoms with Crippen molar-refractivity contribution >= 4 is 0 Å². The summed E-state index contributed by atoms with van der Waals surface area (Å²) < 4.78 is 5.31. The van der Waals surface area contributed by atoms with Crippen LogP contribution in [-0.2, 0) is 4.74 Å². The fourth-order valence-corrected chi connectivity index (χ4v) is 1.72. The Balaban J connectivity index is 1.89. The Morgan fingerprint density at radius 2 is 2.29 bits per heavy atom. The minimum Gasteiger partial charge on any atom is -0.381 e. The number of rotatable bonds is 6. The summed E-state index contributed by atoms with van der Waals surface area (Å²) >= 11 is 0. The number of hydrogen-bond donors (Lipinski definition) is 2. The van der Waals surface area contributed by atoms with E-state index in [2.05, 4.69) is 19.2 Å². The summed E-state index contributed by atoms with van der Waals surface area (Å²) in [5.41, 5.74) is 5.88. The van der Waals surface area contributed by atoms with Crippen LogP contribution in [-0.4, -0.2) is 31.8 Å². The highest BCUT2D eigenvalue weighted by Crippen LogP contribution is 2.11. The topological polar surface area (TPSA) is 47.3 Å². The molecule has 1 heterocycles. The molecule has 3 heteroatoms. The monoisotopic (exact) mass is 200 g/mol. The largest absolute Gasteiger partial charge is 0.381 e. The summed E-state index contributed by atoms with van der Waals surface area (Å²) in [5, 5.41) is 3.46. The van der Waals surface area contributed by atoms with Gasteiger partial charge < -0.3 is 15.8 Å². The molecule has 0 bridgehead atoms. The zero-order chi connectivity index (χ0) is 10.4. The van der Waals surface area contributed by atoms with E-state index in [-0.39, 0.29) is 5.54 Å². The minimum absolute atomic E-state index is 0.0157. The van der Waals surface area contributed by atoms with E-state index >= 15 is 0 Å². The van der Waals surface area contributed by atoms with Crippen molar-refractivity contribution in [1.82, 2.24) is 5.32 Å². The summed E-state index contributed by atoms with van der Waals surface area (Å²) in [6, 6.07) is 0. The molecule has 3 nitrogen and oxygen atoms in total. The molecule has 3 N–H and O–H groups in total. The number of nitrogens with one attached hydrogen (secondary N) is 1. The lowest BCUT2D eigenvalue weighted by Gasteiger charge is -2.18. The van der Waals surface area contributed by atoms with Crippen molar-refractivity contribution in [2.45, 2.75) is 38.6 Å². The fourth-order valence-electron chi connectivity index (χ4n) is 1.72. The van der Waals surface area contributed by atoms with E-state index in [9.17, 15) is 0 Å². The average molecular weight is 200 g/mol. The maximum absolute atomic E-state index is 5.89. The number of nitrogens with two attached hydrogens (primary N) is 1. The molecular weight excluding hydrogens is 176 g/mol. The molecule has 14 heavy (non-hydrogen) atoms. The van der Waals surface area contributed by atoms with Gasteiger partial charge in [0.2, 0.25) is 0 Å². The second-order valence-corrected chi connectivity index (χ2v) is 5.03. The Morgan fingerprint density at radius 3 is 2.86 bits per heavy atom. The van der Waals surface area contributed by atoms with Crippen LogP contribution in [0.2, 0.25) is 0 Å². The molecule has 84 valence electrons. The quantitative estimate of drug-likeness (QED) is 0.632. The SMILES string of the molecule is CC(C)(N)CCCNCC1CCOC1. The smallest absolute Gasteiger partial charge is 0.0507 e. The van der Waals surface area contributed by atoms with Crippen molar-refractivity contribution in [3.05, 3.63) is 0 Å². The molecule has 1 rings (SSSR count). The third-order valence-corrected chi connectivity index (χ3v) is 2.63. The summed E-state index contributed by atoms with van der Waals surface area (Å²) in [7, 11) is 0. The average Bonchev–Trinajstić information content (AvgIpc) is 2.54. The molecular formula is C11H24N2O. The molecule has 1 aliphatic rings. The van der Waals surface area contributed by atoms with E-state index in [0.29, 0.717) is 0 Å².